The summed E-state index contributed by atoms with van der Waals surface area (Å²) in [5, 5.41) is 23.4. The highest BCUT2D eigenvalue weighted by Gasteiger charge is 2.20. The second-order valence-corrected chi connectivity index (χ2v) is 24.2. The van der Waals surface area contributed by atoms with Gasteiger partial charge in [-0.2, -0.15) is 0 Å². The minimum Gasteiger partial charge on any atom is -0.466 e. The molecule has 0 saturated carbocycles. The number of amides is 1. The molecular formula is C69H137NO5. The summed E-state index contributed by atoms with van der Waals surface area (Å²) in [7, 11) is 0. The fourth-order valence-electron chi connectivity index (χ4n) is 11.4. The number of ether oxygens (including phenoxy) is 1. The fourth-order valence-corrected chi connectivity index (χ4v) is 11.4. The highest BCUT2D eigenvalue weighted by molar-refractivity contribution is 5.76. The maximum Gasteiger partial charge on any atom is 0.305 e. The quantitative estimate of drug-likeness (QED) is 0.0417. The van der Waals surface area contributed by atoms with E-state index in [1.165, 1.54) is 334 Å². The molecule has 0 radical (unpaired) electrons. The molecule has 1 amide bonds. The highest BCUT2D eigenvalue weighted by Crippen LogP contribution is 2.19. The molecule has 0 aromatic carbocycles. The zero-order valence-corrected chi connectivity index (χ0v) is 51.3. The van der Waals surface area contributed by atoms with Crippen LogP contribution >= 0.6 is 0 Å². The normalized spacial score (nSPS) is 12.4. The summed E-state index contributed by atoms with van der Waals surface area (Å²) in [6, 6.07) is -0.541. The number of carbonyl (C=O) groups excluding carboxylic acids is 2. The number of rotatable bonds is 66. The van der Waals surface area contributed by atoms with Crippen molar-refractivity contribution >= 4 is 11.9 Å². The van der Waals surface area contributed by atoms with E-state index in [-0.39, 0.29) is 18.5 Å². The molecule has 0 heterocycles. The number of hydrogen-bond acceptors (Lipinski definition) is 5. The van der Waals surface area contributed by atoms with Crippen LogP contribution in [0.3, 0.4) is 0 Å². The third-order valence-corrected chi connectivity index (χ3v) is 16.7. The van der Waals surface area contributed by atoms with Gasteiger partial charge >= 0.3 is 5.97 Å². The topological polar surface area (TPSA) is 95.9 Å². The van der Waals surface area contributed by atoms with Crippen LogP contribution in [0.2, 0.25) is 0 Å². The Hall–Kier alpha value is -1.14. The van der Waals surface area contributed by atoms with Crippen LogP contribution in [0.4, 0.5) is 0 Å². The van der Waals surface area contributed by atoms with E-state index in [1.54, 1.807) is 0 Å². The molecule has 75 heavy (non-hydrogen) atoms. The van der Waals surface area contributed by atoms with Gasteiger partial charge in [0.25, 0.3) is 0 Å². The van der Waals surface area contributed by atoms with Crippen LogP contribution in [-0.2, 0) is 14.3 Å². The van der Waals surface area contributed by atoms with E-state index in [0.29, 0.717) is 25.9 Å². The van der Waals surface area contributed by atoms with E-state index in [1.807, 2.05) is 0 Å². The van der Waals surface area contributed by atoms with Crippen LogP contribution in [0.25, 0.3) is 0 Å². The summed E-state index contributed by atoms with van der Waals surface area (Å²) in [4.78, 5) is 24.6. The Morgan fingerprint density at radius 2 is 0.547 bits per heavy atom. The Morgan fingerprint density at radius 3 is 0.813 bits per heavy atom. The van der Waals surface area contributed by atoms with E-state index >= 15 is 0 Å². The van der Waals surface area contributed by atoms with Crippen molar-refractivity contribution in [2.24, 2.45) is 0 Å². The predicted octanol–water partition coefficient (Wildman–Crippen LogP) is 22.2. The van der Waals surface area contributed by atoms with Gasteiger partial charge in [0.15, 0.2) is 0 Å². The summed E-state index contributed by atoms with van der Waals surface area (Å²) < 4.78 is 5.50. The van der Waals surface area contributed by atoms with Gasteiger partial charge in [0.1, 0.15) is 0 Å². The van der Waals surface area contributed by atoms with E-state index < -0.39 is 12.1 Å². The highest BCUT2D eigenvalue weighted by atomic mass is 16.5. The molecular weight excluding hydrogens is 923 g/mol. The maximum atomic E-state index is 12.5. The first-order valence-electron chi connectivity index (χ1n) is 34.8. The first-order valence-corrected chi connectivity index (χ1v) is 34.8. The SMILES string of the molecule is CCCCCCCCCCCCCCCCCCCCCCC(O)C(CO)NC(=O)CCCCCCCCCCCCCCCCCCCCCCCCCOC(=O)CCCCCCCCCCCCCCCCC. The molecule has 2 unspecified atom stereocenters. The Labute approximate surface area is 470 Å². The van der Waals surface area contributed by atoms with E-state index in [9.17, 15) is 19.8 Å². The Morgan fingerprint density at radius 1 is 0.320 bits per heavy atom. The van der Waals surface area contributed by atoms with Gasteiger partial charge in [-0.05, 0) is 25.7 Å². The van der Waals surface area contributed by atoms with Crippen LogP contribution in [0.1, 0.15) is 406 Å². The van der Waals surface area contributed by atoms with Gasteiger partial charge in [-0.3, -0.25) is 9.59 Å². The van der Waals surface area contributed by atoms with Crippen molar-refractivity contribution < 1.29 is 24.5 Å². The van der Waals surface area contributed by atoms with Gasteiger partial charge in [-0.15, -0.1) is 0 Å². The molecule has 6 nitrogen and oxygen atoms in total. The van der Waals surface area contributed by atoms with Gasteiger partial charge in [0.2, 0.25) is 5.91 Å². The number of aliphatic hydroxyl groups excluding tert-OH is 2. The second-order valence-electron chi connectivity index (χ2n) is 24.2. The van der Waals surface area contributed by atoms with Crippen LogP contribution in [0, 0.1) is 0 Å². The number of nitrogens with one attached hydrogen (secondary N) is 1. The molecule has 0 aliphatic heterocycles. The van der Waals surface area contributed by atoms with Gasteiger partial charge < -0.3 is 20.3 Å². The predicted molar refractivity (Wildman–Crippen MR) is 329 cm³/mol. The average Bonchev–Trinajstić information content (AvgIpc) is 3.41. The lowest BCUT2D eigenvalue weighted by atomic mass is 10.0. The molecule has 3 N–H and O–H groups in total. The minimum absolute atomic E-state index is 0.0188. The van der Waals surface area contributed by atoms with Crippen molar-refractivity contribution in [3.8, 4) is 0 Å². The molecule has 6 heteroatoms. The van der Waals surface area contributed by atoms with Crippen LogP contribution in [-0.4, -0.2) is 47.4 Å². The van der Waals surface area contributed by atoms with E-state index in [2.05, 4.69) is 19.2 Å². The molecule has 0 spiro atoms. The van der Waals surface area contributed by atoms with Crippen molar-refractivity contribution in [1.29, 1.82) is 0 Å². The second kappa shape index (κ2) is 65.4. The van der Waals surface area contributed by atoms with Crippen LogP contribution in [0.15, 0.2) is 0 Å². The molecule has 0 aliphatic carbocycles. The molecule has 448 valence electrons. The number of carbonyl (C=O) groups is 2. The minimum atomic E-state index is -0.664. The van der Waals surface area contributed by atoms with Crippen molar-refractivity contribution in [3.63, 3.8) is 0 Å². The molecule has 0 rings (SSSR count). The summed E-state index contributed by atoms with van der Waals surface area (Å²) in [5.74, 6) is -0.0104. The van der Waals surface area contributed by atoms with Gasteiger partial charge in [0.05, 0.1) is 25.4 Å². The number of hydrogen-bond donors (Lipinski definition) is 3. The number of unbranched alkanes of at least 4 members (excludes halogenated alkanes) is 55. The van der Waals surface area contributed by atoms with Gasteiger partial charge in [0, 0.05) is 12.8 Å². The maximum absolute atomic E-state index is 12.5. The fraction of sp³-hybridized carbons (Fsp3) is 0.971. The van der Waals surface area contributed by atoms with Crippen molar-refractivity contribution in [3.05, 3.63) is 0 Å². The zero-order chi connectivity index (χ0) is 54.3. The number of esters is 1. The molecule has 0 bridgehead atoms. The lowest BCUT2D eigenvalue weighted by molar-refractivity contribution is -0.143. The van der Waals surface area contributed by atoms with Crippen molar-refractivity contribution in [2.45, 2.75) is 418 Å². The standard InChI is InChI=1S/C69H137NO5/c1-3-5-7-9-11-13-15-17-19-20-21-27-30-34-37-41-45-49-53-57-61-67(72)66(65-71)70-68(73)62-58-54-50-46-42-38-35-31-28-25-23-22-24-26-29-32-36-40-44-48-52-56-60-64-75-69(74)63-59-55-51-47-43-39-33-18-16-14-12-10-8-6-4-2/h66-67,71-72H,3-65H2,1-2H3,(H,70,73). The monoisotopic (exact) mass is 1060 g/mol. The summed E-state index contributed by atoms with van der Waals surface area (Å²) >= 11 is 0. The summed E-state index contributed by atoms with van der Waals surface area (Å²) in [6.45, 7) is 5.00. The molecule has 0 aromatic heterocycles. The lowest BCUT2D eigenvalue weighted by Gasteiger charge is -2.22. The van der Waals surface area contributed by atoms with E-state index in [4.69, 9.17) is 4.74 Å². The third-order valence-electron chi connectivity index (χ3n) is 16.7. The van der Waals surface area contributed by atoms with Crippen molar-refractivity contribution in [1.82, 2.24) is 5.32 Å². The average molecular weight is 1060 g/mol. The van der Waals surface area contributed by atoms with Gasteiger partial charge in [-0.1, -0.05) is 367 Å². The number of aliphatic hydroxyl groups is 2. The molecule has 0 aromatic rings. The van der Waals surface area contributed by atoms with Crippen LogP contribution in [0.5, 0.6) is 0 Å². The third kappa shape index (κ3) is 61.9. The Balaban J connectivity index is 3.35. The Bertz CT molecular complexity index is 1080. The zero-order valence-electron chi connectivity index (χ0n) is 51.3. The molecule has 0 aliphatic rings. The molecule has 0 saturated heterocycles. The summed E-state index contributed by atoms with van der Waals surface area (Å²) in [5.41, 5.74) is 0. The summed E-state index contributed by atoms with van der Waals surface area (Å²) in [6.07, 6.45) is 78.5. The van der Waals surface area contributed by atoms with Crippen LogP contribution < -0.4 is 5.32 Å². The largest absolute Gasteiger partial charge is 0.466 e. The first-order chi connectivity index (χ1) is 37.0. The first kappa shape index (κ1) is 73.9. The van der Waals surface area contributed by atoms with Gasteiger partial charge in [-0.25, -0.2) is 0 Å². The molecule has 2 atom stereocenters. The van der Waals surface area contributed by atoms with E-state index in [0.717, 1.165) is 38.5 Å². The lowest BCUT2D eigenvalue weighted by Crippen LogP contribution is -2.45. The molecule has 0 fully saturated rings. The Kier molecular flexibility index (Phi) is 64.4. The van der Waals surface area contributed by atoms with Crippen molar-refractivity contribution in [2.75, 3.05) is 13.2 Å². The smallest absolute Gasteiger partial charge is 0.305 e.